The van der Waals surface area contributed by atoms with Crippen LogP contribution in [0.4, 0.5) is 13.2 Å². The maximum Gasteiger partial charge on any atom is 0.416 e. The van der Waals surface area contributed by atoms with Crippen molar-refractivity contribution in [3.63, 3.8) is 0 Å². The van der Waals surface area contributed by atoms with Crippen LogP contribution in [0.25, 0.3) is 0 Å². The van der Waals surface area contributed by atoms with Gasteiger partial charge in [-0.05, 0) is 24.3 Å². The van der Waals surface area contributed by atoms with E-state index in [2.05, 4.69) is 0 Å². The van der Waals surface area contributed by atoms with Crippen LogP contribution in [0.1, 0.15) is 40.4 Å². The molecule has 0 saturated carbocycles. The van der Waals surface area contributed by atoms with Crippen molar-refractivity contribution in [1.82, 2.24) is 0 Å². The van der Waals surface area contributed by atoms with Crippen LogP contribution < -0.4 is 9.47 Å². The van der Waals surface area contributed by atoms with Crippen LogP contribution >= 0.6 is 11.6 Å². The van der Waals surface area contributed by atoms with Gasteiger partial charge in [0.05, 0.1) is 35.8 Å². The first-order valence-electron chi connectivity index (χ1n) is 9.28. The number of hydrogen-bond donors (Lipinski definition) is 1. The van der Waals surface area contributed by atoms with Gasteiger partial charge in [0.2, 0.25) is 0 Å². The van der Waals surface area contributed by atoms with Gasteiger partial charge in [-0.15, -0.1) is 0 Å². The van der Waals surface area contributed by atoms with Gasteiger partial charge in [-0.1, -0.05) is 23.7 Å². The quantitative estimate of drug-likeness (QED) is 0.564. The summed E-state index contributed by atoms with van der Waals surface area (Å²) >= 11 is 6.13. The topological polar surface area (TPSA) is 82.1 Å². The number of halogens is 4. The molecular weight excluding hydrogens is 441 g/mol. The summed E-state index contributed by atoms with van der Waals surface area (Å²) < 4.78 is 55.8. The molecule has 2 aromatic rings. The van der Waals surface area contributed by atoms with Gasteiger partial charge in [-0.2, -0.15) is 13.2 Å². The number of fused-ring (bicyclic) bond motifs is 1. The first-order chi connectivity index (χ1) is 14.7. The molecule has 0 aromatic heterocycles. The first kappa shape index (κ1) is 22.9. The fourth-order valence-electron chi connectivity index (χ4n) is 3.09. The number of ether oxygens (including phenoxy) is 3. The van der Waals surface area contributed by atoms with E-state index in [1.54, 1.807) is 18.2 Å². The highest BCUT2D eigenvalue weighted by molar-refractivity contribution is 6.32. The molecule has 10 heteroatoms. The van der Waals surface area contributed by atoms with E-state index in [0.29, 0.717) is 5.56 Å². The fraction of sp³-hybridized carbons (Fsp3) is 0.333. The molecule has 1 aliphatic heterocycles. The predicted octanol–water partition coefficient (Wildman–Crippen LogP) is 4.94. The zero-order valence-corrected chi connectivity index (χ0v) is 16.8. The van der Waals surface area contributed by atoms with Gasteiger partial charge in [0.25, 0.3) is 0 Å². The Morgan fingerprint density at radius 2 is 2.00 bits per heavy atom. The molecule has 0 saturated heterocycles. The third-order valence-corrected chi connectivity index (χ3v) is 4.80. The van der Waals surface area contributed by atoms with E-state index in [0.717, 1.165) is 12.1 Å². The van der Waals surface area contributed by atoms with Gasteiger partial charge in [-0.25, -0.2) is 4.79 Å². The number of carbonyl (C=O) groups is 2. The standard InChI is InChI=1S/C21H18ClF3O6/c22-15-4-1-3-13-16(26)10-18(31-20(13)15)14-6-5-12(21(23,24)25)9-17(14)30-8-2-7-29-11-19(27)28/h1,3-6,9,18H,2,7-8,10-11H2,(H,27,28). The van der Waals surface area contributed by atoms with Gasteiger partial charge in [0.15, 0.2) is 5.78 Å². The second kappa shape index (κ2) is 9.57. The van der Waals surface area contributed by atoms with Crippen LogP contribution in [0.2, 0.25) is 5.02 Å². The summed E-state index contributed by atoms with van der Waals surface area (Å²) in [7, 11) is 0. The number of aliphatic carboxylic acids is 1. The highest BCUT2D eigenvalue weighted by Gasteiger charge is 2.34. The molecule has 1 unspecified atom stereocenters. The zero-order valence-electron chi connectivity index (χ0n) is 16.1. The Morgan fingerprint density at radius 3 is 2.71 bits per heavy atom. The molecule has 0 bridgehead atoms. The molecule has 0 fully saturated rings. The molecule has 1 aliphatic rings. The van der Waals surface area contributed by atoms with Crippen LogP contribution in [0.3, 0.4) is 0 Å². The van der Waals surface area contributed by atoms with Gasteiger partial charge in [-0.3, -0.25) is 4.79 Å². The van der Waals surface area contributed by atoms with Crippen molar-refractivity contribution in [2.75, 3.05) is 19.8 Å². The number of carbonyl (C=O) groups excluding carboxylic acids is 1. The Morgan fingerprint density at radius 1 is 1.23 bits per heavy atom. The molecular formula is C21H18ClF3O6. The number of carboxylic acids is 1. The third-order valence-electron chi connectivity index (χ3n) is 4.50. The SMILES string of the molecule is O=C(O)COCCCOc1cc(C(F)(F)F)ccc1C1CC(=O)c2cccc(Cl)c2O1. The van der Waals surface area contributed by atoms with Crippen LogP contribution in [0.15, 0.2) is 36.4 Å². The van der Waals surface area contributed by atoms with E-state index >= 15 is 0 Å². The molecule has 0 radical (unpaired) electrons. The second-order valence-corrected chi connectivity index (χ2v) is 7.16. The van der Waals surface area contributed by atoms with Crippen LogP contribution in [-0.2, 0) is 15.7 Å². The van der Waals surface area contributed by atoms with E-state index in [9.17, 15) is 22.8 Å². The smallest absolute Gasteiger partial charge is 0.416 e. The summed E-state index contributed by atoms with van der Waals surface area (Å²) in [5, 5.41) is 8.76. The van der Waals surface area contributed by atoms with E-state index in [4.69, 9.17) is 30.9 Å². The summed E-state index contributed by atoms with van der Waals surface area (Å²) in [4.78, 5) is 23.0. The number of carboxylic acid groups (broad SMARTS) is 1. The van der Waals surface area contributed by atoms with Crippen LogP contribution in [0, 0.1) is 0 Å². The molecule has 3 rings (SSSR count). The molecule has 0 amide bonds. The molecule has 2 aromatic carbocycles. The Hall–Kier alpha value is -2.78. The van der Waals surface area contributed by atoms with Crippen molar-refractivity contribution in [2.45, 2.75) is 25.1 Å². The van der Waals surface area contributed by atoms with Gasteiger partial charge < -0.3 is 19.3 Å². The fourth-order valence-corrected chi connectivity index (χ4v) is 3.31. The molecule has 166 valence electrons. The highest BCUT2D eigenvalue weighted by atomic mass is 35.5. The highest BCUT2D eigenvalue weighted by Crippen LogP contribution is 2.43. The van der Waals surface area contributed by atoms with Crippen molar-refractivity contribution in [3.05, 3.63) is 58.1 Å². The van der Waals surface area contributed by atoms with Crippen LogP contribution in [-0.4, -0.2) is 36.7 Å². The maximum absolute atomic E-state index is 13.2. The molecule has 1 N–H and O–H groups in total. The van der Waals surface area contributed by atoms with Crippen molar-refractivity contribution in [3.8, 4) is 11.5 Å². The average Bonchev–Trinajstić information content (AvgIpc) is 2.70. The lowest BCUT2D eigenvalue weighted by Gasteiger charge is -2.28. The third kappa shape index (κ3) is 5.68. The summed E-state index contributed by atoms with van der Waals surface area (Å²) in [6.45, 7) is -0.444. The number of hydrogen-bond acceptors (Lipinski definition) is 5. The Labute approximate surface area is 180 Å². The molecule has 0 aliphatic carbocycles. The van der Waals surface area contributed by atoms with E-state index < -0.39 is 30.4 Å². The zero-order chi connectivity index (χ0) is 22.6. The Bertz CT molecular complexity index is 976. The van der Waals surface area contributed by atoms with Crippen molar-refractivity contribution >= 4 is 23.4 Å². The minimum atomic E-state index is -4.58. The lowest BCUT2D eigenvalue weighted by atomic mass is 9.95. The van der Waals surface area contributed by atoms with Crippen molar-refractivity contribution < 1.29 is 42.1 Å². The van der Waals surface area contributed by atoms with Crippen molar-refractivity contribution in [1.29, 1.82) is 0 Å². The number of benzene rings is 2. The predicted molar refractivity (Wildman–Crippen MR) is 104 cm³/mol. The number of alkyl halides is 3. The Kier molecular flexibility index (Phi) is 7.07. The summed E-state index contributed by atoms with van der Waals surface area (Å²) in [6.07, 6.45) is -5.29. The van der Waals surface area contributed by atoms with Gasteiger partial charge >= 0.3 is 12.1 Å². The minimum absolute atomic E-state index is 0.0219. The molecule has 1 heterocycles. The molecule has 0 spiro atoms. The lowest BCUT2D eigenvalue weighted by Crippen LogP contribution is -2.22. The molecule has 31 heavy (non-hydrogen) atoms. The van der Waals surface area contributed by atoms with E-state index in [1.165, 1.54) is 6.07 Å². The molecule has 1 atom stereocenters. The summed E-state index contributed by atoms with van der Waals surface area (Å²) in [5.41, 5.74) is -0.318. The Balaban J connectivity index is 1.81. The number of Topliss-reactive ketones (excluding diaryl/α,β-unsaturated/α-hetero) is 1. The van der Waals surface area contributed by atoms with Crippen LogP contribution in [0.5, 0.6) is 11.5 Å². The monoisotopic (exact) mass is 458 g/mol. The van der Waals surface area contributed by atoms with E-state index in [1.807, 2.05) is 0 Å². The number of ketones is 1. The molecule has 6 nitrogen and oxygen atoms in total. The first-order valence-corrected chi connectivity index (χ1v) is 9.66. The largest absolute Gasteiger partial charge is 0.493 e. The average molecular weight is 459 g/mol. The lowest BCUT2D eigenvalue weighted by molar-refractivity contribution is -0.142. The maximum atomic E-state index is 13.2. The van der Waals surface area contributed by atoms with Crippen molar-refractivity contribution in [2.24, 2.45) is 0 Å². The number of para-hydroxylation sites is 1. The van der Waals surface area contributed by atoms with Gasteiger partial charge in [0, 0.05) is 12.0 Å². The van der Waals surface area contributed by atoms with Gasteiger partial charge in [0.1, 0.15) is 24.2 Å². The minimum Gasteiger partial charge on any atom is -0.493 e. The second-order valence-electron chi connectivity index (χ2n) is 6.75. The normalized spacial score (nSPS) is 15.9. The number of rotatable bonds is 8. The summed E-state index contributed by atoms with van der Waals surface area (Å²) in [6, 6.07) is 7.70. The van der Waals surface area contributed by atoms with E-state index in [-0.39, 0.29) is 53.9 Å². The summed E-state index contributed by atoms with van der Waals surface area (Å²) in [5.74, 6) is -1.28.